The Morgan fingerprint density at radius 3 is 2.19 bits per heavy atom. The van der Waals surface area contributed by atoms with Crippen molar-refractivity contribution in [2.45, 2.75) is 79.5 Å². The maximum atomic E-state index is 11.8. The van der Waals surface area contributed by atoms with Gasteiger partial charge < -0.3 is 5.11 Å². The molecule has 0 aliphatic heterocycles. The molecule has 1 N–H and O–H groups in total. The summed E-state index contributed by atoms with van der Waals surface area (Å²) in [6.07, 6.45) is 0.343. The Labute approximate surface area is 378 Å². The molecule has 0 aliphatic carbocycles. The minimum atomic E-state index is -2.96. The third-order valence-corrected chi connectivity index (χ3v) is 11.1. The predicted molar refractivity (Wildman–Crippen MR) is 243 cm³/mol. The molecule has 2 aromatic heterocycles. The van der Waals surface area contributed by atoms with Gasteiger partial charge in [0, 0.05) is 42.6 Å². The fraction of sp³-hybridized carbons (Fsp3) is 0.222. The molecule has 0 saturated carbocycles. The summed E-state index contributed by atoms with van der Waals surface area (Å²) in [7, 11) is 0. The van der Waals surface area contributed by atoms with Crippen molar-refractivity contribution in [3.8, 4) is 67.5 Å². The van der Waals surface area contributed by atoms with Crippen molar-refractivity contribution >= 4 is 11.0 Å². The van der Waals surface area contributed by atoms with Crippen LogP contribution in [0.2, 0.25) is 0 Å². The van der Waals surface area contributed by atoms with Gasteiger partial charge in [0.15, 0.2) is 0 Å². The van der Waals surface area contributed by atoms with E-state index >= 15 is 0 Å². The van der Waals surface area contributed by atoms with Gasteiger partial charge in [0.05, 0.1) is 31.9 Å². The summed E-state index contributed by atoms with van der Waals surface area (Å²) >= 11 is 0. The molecule has 0 unspecified atom stereocenters. The number of rotatable bonds is 8. The number of imidazole rings is 1. The van der Waals surface area contributed by atoms with E-state index in [2.05, 4.69) is 66.7 Å². The van der Waals surface area contributed by atoms with E-state index in [1.165, 1.54) is 5.56 Å². The molecule has 8 aromatic rings. The zero-order valence-electron chi connectivity index (χ0n) is 44.5. The molecular formula is C54H52N3OPt-. The Balaban J connectivity index is 0.00000703. The Kier molecular flexibility index (Phi) is 8.38. The second kappa shape index (κ2) is 16.2. The van der Waals surface area contributed by atoms with Gasteiger partial charge in [-0.1, -0.05) is 143 Å². The fourth-order valence-electron chi connectivity index (χ4n) is 7.36. The van der Waals surface area contributed by atoms with Gasteiger partial charge in [-0.3, -0.25) is 9.55 Å². The van der Waals surface area contributed by atoms with E-state index in [1.807, 2.05) is 89.2 Å². The topological polar surface area (TPSA) is 50.9 Å². The number of nitrogens with zero attached hydrogens (tertiary/aromatic N) is 3. The molecule has 4 nitrogen and oxygen atoms in total. The Morgan fingerprint density at radius 1 is 0.729 bits per heavy atom. The molecule has 0 atom stereocenters. The number of hydrogen-bond donors (Lipinski definition) is 1. The van der Waals surface area contributed by atoms with E-state index in [1.54, 1.807) is 6.07 Å². The van der Waals surface area contributed by atoms with Gasteiger partial charge in [0.25, 0.3) is 0 Å². The van der Waals surface area contributed by atoms with Crippen LogP contribution < -0.4 is 0 Å². The molecule has 0 amide bonds. The number of hydrogen-bond acceptors (Lipinski definition) is 3. The van der Waals surface area contributed by atoms with Crippen LogP contribution in [-0.4, -0.2) is 19.6 Å². The monoisotopic (exact) mass is 963 g/mol. The van der Waals surface area contributed by atoms with Crippen molar-refractivity contribution in [1.82, 2.24) is 14.5 Å². The van der Waals surface area contributed by atoms with Crippen LogP contribution in [0.3, 0.4) is 0 Å². The second-order valence-corrected chi connectivity index (χ2v) is 16.7. The van der Waals surface area contributed by atoms with Gasteiger partial charge in [0.2, 0.25) is 0 Å². The number of benzene rings is 6. The van der Waals surface area contributed by atoms with E-state index in [-0.39, 0.29) is 49.1 Å². The third kappa shape index (κ3) is 8.08. The Bertz CT molecular complexity index is 3310. The average molecular weight is 964 g/mol. The molecule has 8 rings (SSSR count). The van der Waals surface area contributed by atoms with Crippen molar-refractivity contribution in [2.24, 2.45) is 0 Å². The molecule has 0 saturated heterocycles. The number of aromatic hydroxyl groups is 1. The van der Waals surface area contributed by atoms with Crippen LogP contribution in [0.5, 0.6) is 5.75 Å². The summed E-state index contributed by atoms with van der Waals surface area (Å²) in [6, 6.07) is 29.5. The molecule has 6 aromatic carbocycles. The van der Waals surface area contributed by atoms with E-state index in [0.717, 1.165) is 39.9 Å². The zero-order valence-corrected chi connectivity index (χ0v) is 36.7. The molecule has 59 heavy (non-hydrogen) atoms. The number of fused-ring (bicyclic) bond motifs is 1. The van der Waals surface area contributed by atoms with Crippen LogP contribution >= 0.6 is 0 Å². The summed E-state index contributed by atoms with van der Waals surface area (Å²) in [5, 5.41) is 11.8. The van der Waals surface area contributed by atoms with Gasteiger partial charge in [0.1, 0.15) is 11.6 Å². The molecular weight excluding hydrogens is 902 g/mol. The van der Waals surface area contributed by atoms with Crippen LogP contribution in [-0.2, 0) is 31.9 Å². The Morgan fingerprint density at radius 2 is 1.47 bits per heavy atom. The third-order valence-electron chi connectivity index (χ3n) is 11.1. The molecule has 2 heterocycles. The van der Waals surface area contributed by atoms with E-state index in [4.69, 9.17) is 17.3 Å². The summed E-state index contributed by atoms with van der Waals surface area (Å²) in [5.41, 5.74) is 7.52. The van der Waals surface area contributed by atoms with Crippen molar-refractivity contribution < 1.29 is 39.9 Å². The predicted octanol–water partition coefficient (Wildman–Crippen LogP) is 14.2. The van der Waals surface area contributed by atoms with E-state index in [9.17, 15) is 6.48 Å². The summed E-state index contributed by atoms with van der Waals surface area (Å²) in [5.74, 6) is 0.615. The van der Waals surface area contributed by atoms with Gasteiger partial charge in [-0.05, 0) is 102 Å². The minimum Gasteiger partial charge on any atom is -0.507 e. The number of para-hydroxylation sites is 1. The van der Waals surface area contributed by atoms with Crippen LogP contribution in [0.4, 0.5) is 0 Å². The van der Waals surface area contributed by atoms with Gasteiger partial charge >= 0.3 is 0 Å². The number of aromatic nitrogens is 3. The van der Waals surface area contributed by atoms with E-state index < -0.39 is 65.8 Å². The first-order valence-corrected chi connectivity index (χ1v) is 19.6. The zero-order chi connectivity index (χ0) is 49.5. The van der Waals surface area contributed by atoms with Gasteiger partial charge in [-0.25, -0.2) is 4.98 Å². The summed E-state index contributed by atoms with van der Waals surface area (Å²) < 4.78 is 87.8. The first-order valence-electron chi connectivity index (χ1n) is 24.6. The Hall–Kier alpha value is -5.57. The van der Waals surface area contributed by atoms with Crippen molar-refractivity contribution in [3.63, 3.8) is 0 Å². The number of pyridine rings is 1. The molecule has 5 heteroatoms. The standard InChI is InChI=1S/C54H52N3O.Pt/c1-10-54(8,9)42-23-24-48(45(33-42)38-15-12-11-13-16-38)57-49-18-14-17-44(50(49)56-52(57)46-28-35(3)27-36(4)51(46)58)40-29-41(31-43(30-40)53(5,6)7)47-32-39(25-26-55-47)37-21-19-34(2)20-22-37;/h11-28,30-33,58H,10H2,1-9H3;/q-1;/i2D3,19D,20D,21D,22D,25D,26D,32D;. The second-order valence-electron chi connectivity index (χ2n) is 16.7. The smallest absolute Gasteiger partial charge is 0.148 e. The minimum absolute atomic E-state index is 0. The van der Waals surface area contributed by atoms with Crippen molar-refractivity contribution in [2.75, 3.05) is 0 Å². The largest absolute Gasteiger partial charge is 0.507 e. The average Bonchev–Trinajstić information content (AvgIpc) is 3.68. The molecule has 0 bridgehead atoms. The van der Waals surface area contributed by atoms with Gasteiger partial charge in [-0.15, -0.1) is 29.3 Å². The molecule has 0 radical (unpaired) electrons. The SMILES string of the molecule is [2H]c1nc(-c2[c-]c(-c3cccc4c3nc(-c3cc(C)cc(C)c3O)n4-c3ccc(C(C)(C)CC)cc3-c3ccccc3)cc(C(C)(C)C)c2)c([2H])c(-c2c([2H])c([2H])c(C([2H])([2H])[2H])c([2H])c2[2H])c1[2H].[Pt]. The van der Waals surface area contributed by atoms with Crippen LogP contribution in [0.15, 0.2) is 133 Å². The molecule has 300 valence electrons. The quantitative estimate of drug-likeness (QED) is 0.154. The summed E-state index contributed by atoms with van der Waals surface area (Å²) in [4.78, 5) is 9.82. The van der Waals surface area contributed by atoms with Gasteiger partial charge in [-0.2, -0.15) is 0 Å². The van der Waals surface area contributed by atoms with Crippen molar-refractivity contribution in [1.29, 1.82) is 0 Å². The summed E-state index contributed by atoms with van der Waals surface area (Å²) in [6.45, 7) is 13.6. The van der Waals surface area contributed by atoms with E-state index in [0.29, 0.717) is 33.6 Å². The molecule has 0 fully saturated rings. The molecule has 0 spiro atoms. The maximum Gasteiger partial charge on any atom is 0.148 e. The van der Waals surface area contributed by atoms with Crippen LogP contribution in [0.1, 0.15) is 89.5 Å². The first-order chi connectivity index (χ1) is 31.8. The van der Waals surface area contributed by atoms with Crippen molar-refractivity contribution in [3.05, 3.63) is 167 Å². The number of phenols is 1. The number of aryl methyl sites for hydroxylation is 2. The fourth-order valence-corrected chi connectivity index (χ4v) is 7.36. The molecule has 0 aliphatic rings. The number of phenolic OH excluding ortho intramolecular Hbond substituents is 1. The van der Waals surface area contributed by atoms with Crippen LogP contribution in [0.25, 0.3) is 72.7 Å². The normalized spacial score (nSPS) is 14.4. The van der Waals surface area contributed by atoms with Crippen LogP contribution in [0, 0.1) is 26.8 Å². The first kappa shape index (κ1) is 30.5. The maximum absolute atomic E-state index is 11.8.